The number of halogens is 1. The topological polar surface area (TPSA) is 61.5 Å². The number of nitrogens with two attached hydrogens (primary N) is 1. The molecule has 0 atom stereocenters. The zero-order valence-electron chi connectivity index (χ0n) is 15.3. The molecule has 23 heavy (non-hydrogen) atoms. The van der Waals surface area contributed by atoms with Gasteiger partial charge < -0.3 is 14.7 Å². The van der Waals surface area contributed by atoms with E-state index in [-0.39, 0.29) is 0 Å². The maximum Gasteiger partial charge on any atom is 0.405 e. The Bertz CT molecular complexity index is 275. The molecule has 1 rings (SSSR count). The quantitative estimate of drug-likeness (QED) is 0.238. The van der Waals surface area contributed by atoms with Crippen LogP contribution in [0.3, 0.4) is 0 Å². The van der Waals surface area contributed by atoms with E-state index in [9.17, 15) is 4.79 Å². The van der Waals surface area contributed by atoms with E-state index in [1.807, 2.05) is 13.8 Å². The smallest absolute Gasteiger partial charge is 0.405 e. The summed E-state index contributed by atoms with van der Waals surface area (Å²) in [5.41, 5.74) is 4.26. The van der Waals surface area contributed by atoms with Crippen LogP contribution >= 0.6 is 30.4 Å². The minimum Gasteiger partial charge on any atom is -0.444 e. The van der Waals surface area contributed by atoms with Gasteiger partial charge in [0.25, 0.3) is 0 Å². The molecule has 6 heteroatoms. The fraction of sp³-hybridized carbons (Fsp3) is 0.824. The Balaban J connectivity index is -0.000000296. The van der Waals surface area contributed by atoms with Gasteiger partial charge in [0.15, 0.2) is 0 Å². The van der Waals surface area contributed by atoms with E-state index in [0.717, 1.165) is 12.5 Å². The van der Waals surface area contributed by atoms with E-state index in [1.165, 1.54) is 47.7 Å². The maximum absolute atomic E-state index is 10.0. The first-order valence-electron chi connectivity index (χ1n) is 8.07. The molecular weight excluding hydrogens is 425 g/mol. The van der Waals surface area contributed by atoms with Crippen LogP contribution in [0.4, 0.5) is 4.79 Å². The van der Waals surface area contributed by atoms with Gasteiger partial charge in [0.1, 0.15) is 5.60 Å². The molecule has 1 fully saturated rings. The normalized spacial score (nSPS) is 13.9. The van der Waals surface area contributed by atoms with Crippen LogP contribution in [-0.2, 0) is 8.92 Å². The highest BCUT2D eigenvalue weighted by molar-refractivity contribution is 14.2. The van der Waals surface area contributed by atoms with Gasteiger partial charge in [-0.1, -0.05) is 46.0 Å². The molecule has 0 spiro atoms. The van der Waals surface area contributed by atoms with Crippen molar-refractivity contribution in [2.75, 3.05) is 6.61 Å². The van der Waals surface area contributed by atoms with Gasteiger partial charge in [-0.05, 0) is 33.1 Å². The third kappa shape index (κ3) is 27.0. The first-order valence-corrected chi connectivity index (χ1v) is 11.4. The summed E-state index contributed by atoms with van der Waals surface area (Å²) in [4.78, 5) is 10.0. The number of carbonyl (C=O) groups is 1. The number of carbonyl (C=O) groups excluding carboxylic acids is 1. The molecule has 0 bridgehead atoms. The summed E-state index contributed by atoms with van der Waals surface area (Å²) in [7, 11) is 1.46. The van der Waals surface area contributed by atoms with E-state index < -0.39 is 11.7 Å². The molecule has 0 heterocycles. The second-order valence-electron chi connectivity index (χ2n) is 5.71. The van der Waals surface area contributed by atoms with Crippen LogP contribution in [-0.4, -0.2) is 18.3 Å². The van der Waals surface area contributed by atoms with Gasteiger partial charge in [-0.15, -0.1) is 12.8 Å². The van der Waals surface area contributed by atoms with Crippen LogP contribution in [0, 0.1) is 18.8 Å². The van der Waals surface area contributed by atoms with Gasteiger partial charge in [0.2, 0.25) is 0 Å². The minimum atomic E-state index is -0.725. The molecule has 1 aliphatic carbocycles. The van der Waals surface area contributed by atoms with Crippen molar-refractivity contribution in [1.82, 2.24) is 0 Å². The molecule has 1 aliphatic rings. The van der Waals surface area contributed by atoms with Crippen LogP contribution in [0.1, 0.15) is 73.1 Å². The second kappa shape index (κ2) is 19.9. The fourth-order valence-electron chi connectivity index (χ4n) is 2.02. The van der Waals surface area contributed by atoms with Crippen molar-refractivity contribution in [2.24, 2.45) is 11.7 Å². The van der Waals surface area contributed by atoms with Gasteiger partial charge in [0, 0.05) is 21.2 Å². The lowest BCUT2D eigenvalue weighted by atomic mass is 9.87. The summed E-state index contributed by atoms with van der Waals surface area (Å²) in [5, 5.41) is 0. The second-order valence-corrected chi connectivity index (χ2v) is 7.15. The predicted octanol–water partition coefficient (Wildman–Crippen LogP) is 6.13. The molecule has 2 N–H and O–H groups in total. The van der Waals surface area contributed by atoms with Crippen molar-refractivity contribution in [3.8, 4) is 12.8 Å². The van der Waals surface area contributed by atoms with Gasteiger partial charge in [0.05, 0.1) is 15.8 Å². The van der Waals surface area contributed by atoms with E-state index in [4.69, 9.17) is 9.92 Å². The van der Waals surface area contributed by atoms with Crippen molar-refractivity contribution in [1.29, 1.82) is 0 Å². The van der Waals surface area contributed by atoms with E-state index in [2.05, 4.69) is 38.8 Å². The van der Waals surface area contributed by atoms with E-state index >= 15 is 0 Å². The molecule has 0 radical (unpaired) electrons. The number of ether oxygens (including phenoxy) is 1. The average molecular weight is 459 g/mol. The zero-order valence-corrected chi connectivity index (χ0v) is 18.2. The number of amides is 1. The molecule has 1 saturated carbocycles. The molecule has 4 nitrogen and oxygen atoms in total. The Labute approximate surface area is 159 Å². The number of hydrogen-bond acceptors (Lipinski definition) is 4. The van der Waals surface area contributed by atoms with E-state index in [1.54, 1.807) is 20.8 Å². The minimum absolute atomic E-state index is 0.453. The maximum atomic E-state index is 10.0. The highest BCUT2D eigenvalue weighted by Gasteiger charge is 2.13. The highest BCUT2D eigenvalue weighted by Crippen LogP contribution is 2.27. The van der Waals surface area contributed by atoms with Crippen LogP contribution in [0.25, 0.3) is 0 Å². The molecule has 1 amide bonds. The third-order valence-electron chi connectivity index (χ3n) is 2.79. The van der Waals surface area contributed by atoms with Crippen LogP contribution in [0.5, 0.6) is 0 Å². The monoisotopic (exact) mass is 459 g/mol. The molecule has 0 aromatic rings. The molecular formula is C17H34INO3S. The number of hydrogen-bond donors (Lipinski definition) is 1. The van der Waals surface area contributed by atoms with E-state index in [0.29, 0.717) is 0 Å². The van der Waals surface area contributed by atoms with Crippen molar-refractivity contribution < 1.29 is 13.7 Å². The Morgan fingerprint density at radius 3 is 2.00 bits per heavy atom. The number of rotatable bonds is 4. The Morgan fingerprint density at radius 1 is 1.22 bits per heavy atom. The van der Waals surface area contributed by atoms with Crippen LogP contribution < -0.4 is 5.73 Å². The van der Waals surface area contributed by atoms with Gasteiger partial charge in [-0.3, -0.25) is 0 Å². The van der Waals surface area contributed by atoms with Gasteiger partial charge in [-0.25, -0.2) is 4.79 Å². The standard InChI is InChI=1S/C8H15IOS.C5H11NO2.C2H6.C2H2/c9-11-10-7-6-8-4-2-1-3-5-8;1-5(2,3)8-4(6)7;2*1-2/h8H,1-7H2;1-3H3,(H2,6,7);1-2H3;1-2H. The van der Waals surface area contributed by atoms with Crippen LogP contribution in [0.2, 0.25) is 0 Å². The Kier molecular flexibility index (Phi) is 24.0. The molecule has 0 aromatic heterocycles. The van der Waals surface area contributed by atoms with Crippen LogP contribution in [0.15, 0.2) is 0 Å². The lowest BCUT2D eigenvalue weighted by molar-refractivity contribution is 0.0600. The molecule has 138 valence electrons. The summed E-state index contributed by atoms with van der Waals surface area (Å²) in [5.74, 6) is 0.965. The van der Waals surface area contributed by atoms with Crippen molar-refractivity contribution >= 4 is 36.5 Å². The Morgan fingerprint density at radius 2 is 1.70 bits per heavy atom. The summed E-state index contributed by atoms with van der Waals surface area (Å²) in [6, 6.07) is 0. The Hall–Kier alpha value is -0.130. The fourth-order valence-corrected chi connectivity index (χ4v) is 2.72. The van der Waals surface area contributed by atoms with Crippen molar-refractivity contribution in [3.63, 3.8) is 0 Å². The molecule has 0 unspecified atom stereocenters. The zero-order chi connectivity index (χ0) is 18.7. The SMILES string of the molecule is C#C.CC.CC(C)(C)OC(N)=O.ISOCCC1CCCCC1. The predicted molar refractivity (Wildman–Crippen MR) is 110 cm³/mol. The lowest BCUT2D eigenvalue weighted by Gasteiger charge is -2.20. The van der Waals surface area contributed by atoms with Crippen molar-refractivity contribution in [3.05, 3.63) is 0 Å². The molecule has 0 saturated heterocycles. The number of terminal acetylenes is 1. The highest BCUT2D eigenvalue weighted by atomic mass is 127. The molecule has 0 aliphatic heterocycles. The average Bonchev–Trinajstić information content (AvgIpc) is 2.51. The summed E-state index contributed by atoms with van der Waals surface area (Å²) >= 11 is 2.18. The molecule has 0 aromatic carbocycles. The van der Waals surface area contributed by atoms with Crippen molar-refractivity contribution in [2.45, 2.75) is 78.7 Å². The van der Waals surface area contributed by atoms with Gasteiger partial charge >= 0.3 is 6.09 Å². The first-order chi connectivity index (χ1) is 10.8. The largest absolute Gasteiger partial charge is 0.444 e. The number of primary amides is 1. The summed E-state index contributed by atoms with van der Waals surface area (Å²) in [6.07, 6.45) is 15.8. The van der Waals surface area contributed by atoms with Gasteiger partial charge in [-0.2, -0.15) is 0 Å². The third-order valence-corrected chi connectivity index (χ3v) is 3.80. The summed E-state index contributed by atoms with van der Waals surface area (Å²) in [6.45, 7) is 10.2. The first kappa shape index (κ1) is 27.7. The lowest BCUT2D eigenvalue weighted by Crippen LogP contribution is -2.27. The summed E-state index contributed by atoms with van der Waals surface area (Å²) < 4.78 is 9.82.